The average Bonchev–Trinajstić information content (AvgIpc) is 3.85. The Morgan fingerprint density at radius 1 is 0.339 bits per heavy atom. The largest absolute Gasteiger partial charge is 0.252 e. The van der Waals surface area contributed by atoms with Crippen LogP contribution in [0, 0.1) is 10.4 Å². The highest BCUT2D eigenvalue weighted by Gasteiger charge is 2.28. The Morgan fingerprint density at radius 2 is 0.946 bits per heavy atom. The van der Waals surface area contributed by atoms with E-state index in [1.807, 2.05) is 6.20 Å². The maximum Gasteiger partial charge on any atom is 0.0979 e. The highest BCUT2D eigenvalue weighted by Crippen LogP contribution is 2.51. The standard InChI is InChI=1S/C52H30N4/c1-2-14-31(15-3-1)32-16-4-5-17-33(32)34-18-6-7-19-35(34)39-26-28-44-48(49-45(54-44)29-27-42-38-22-12-13-25-43(38)55-50(42)49)47(39)46-30-53-51-40-23-10-8-20-36(40)37-21-9-11-24-41(37)52(51)56-46/h1-30H. The van der Waals surface area contributed by atoms with Crippen LogP contribution in [-0.2, 0) is 0 Å². The lowest BCUT2D eigenvalue weighted by atomic mass is 9.84. The molecule has 0 unspecified atom stereocenters. The molecule has 3 heterocycles. The second-order valence-electron chi connectivity index (χ2n) is 14.5. The summed E-state index contributed by atoms with van der Waals surface area (Å²) >= 11 is 0. The van der Waals surface area contributed by atoms with Gasteiger partial charge in [0.05, 0.1) is 45.0 Å². The zero-order valence-corrected chi connectivity index (χ0v) is 30.1. The SMILES string of the molecule is c1ccc(-c2ccccc2-c2ccccc2-c2ccc3c(c2-c2cnc4c5ccccc5c5ccccc5c4n2)-c2c4c(ccc2=N3)=c2ccccc2=N4)cc1. The van der Waals surface area contributed by atoms with Crippen LogP contribution in [-0.4, -0.2) is 9.97 Å². The molecule has 0 fully saturated rings. The Labute approximate surface area is 321 Å². The van der Waals surface area contributed by atoms with E-state index in [0.717, 1.165) is 98.8 Å². The smallest absolute Gasteiger partial charge is 0.0979 e. The summed E-state index contributed by atoms with van der Waals surface area (Å²) in [7, 11) is 0. The number of nitrogens with zero attached hydrogens (tertiary/aromatic N) is 4. The first-order valence-corrected chi connectivity index (χ1v) is 19.0. The van der Waals surface area contributed by atoms with Crippen LogP contribution in [0.4, 0.5) is 11.4 Å². The van der Waals surface area contributed by atoms with Crippen LogP contribution < -0.4 is 10.7 Å². The summed E-state index contributed by atoms with van der Waals surface area (Å²) in [6.45, 7) is 0. The van der Waals surface area contributed by atoms with Gasteiger partial charge in [-0.25, -0.2) is 15.0 Å². The molecule has 2 aliphatic heterocycles. The quantitative estimate of drug-likeness (QED) is 0.171. The number of para-hydroxylation sites is 1. The van der Waals surface area contributed by atoms with Crippen molar-refractivity contribution in [1.29, 1.82) is 0 Å². The molecule has 0 radical (unpaired) electrons. The highest BCUT2D eigenvalue weighted by atomic mass is 14.8. The Balaban J connectivity index is 1.20. The van der Waals surface area contributed by atoms with Crippen molar-refractivity contribution in [3.8, 4) is 55.8 Å². The van der Waals surface area contributed by atoms with E-state index in [9.17, 15) is 0 Å². The van der Waals surface area contributed by atoms with E-state index < -0.39 is 0 Å². The van der Waals surface area contributed by atoms with Crippen molar-refractivity contribution >= 4 is 44.0 Å². The molecule has 4 nitrogen and oxygen atoms in total. The van der Waals surface area contributed by atoms with Gasteiger partial charge in [-0.2, -0.15) is 0 Å². The maximum absolute atomic E-state index is 5.63. The number of rotatable bonds is 4. The minimum Gasteiger partial charge on any atom is -0.252 e. The van der Waals surface area contributed by atoms with Crippen LogP contribution >= 0.6 is 0 Å². The third-order valence-corrected chi connectivity index (χ3v) is 11.5. The van der Waals surface area contributed by atoms with Crippen LogP contribution in [0.1, 0.15) is 0 Å². The molecule has 0 saturated heterocycles. The number of hydrogen-bond donors (Lipinski definition) is 0. The summed E-state index contributed by atoms with van der Waals surface area (Å²) in [6, 6.07) is 62.2. The third kappa shape index (κ3) is 4.47. The van der Waals surface area contributed by atoms with E-state index in [1.165, 1.54) is 22.1 Å². The van der Waals surface area contributed by atoms with Crippen molar-refractivity contribution in [2.24, 2.45) is 9.98 Å². The lowest BCUT2D eigenvalue weighted by Crippen LogP contribution is -2.02. The first-order valence-electron chi connectivity index (χ1n) is 19.0. The Kier molecular flexibility index (Phi) is 6.60. The van der Waals surface area contributed by atoms with Crippen molar-refractivity contribution in [3.63, 3.8) is 0 Å². The van der Waals surface area contributed by atoms with Crippen molar-refractivity contribution in [3.05, 3.63) is 203 Å². The summed E-state index contributed by atoms with van der Waals surface area (Å²) in [4.78, 5) is 21.4. The van der Waals surface area contributed by atoms with Gasteiger partial charge in [-0.1, -0.05) is 152 Å². The third-order valence-electron chi connectivity index (χ3n) is 11.5. The molecule has 56 heavy (non-hydrogen) atoms. The van der Waals surface area contributed by atoms with E-state index in [1.54, 1.807) is 0 Å². The summed E-state index contributed by atoms with van der Waals surface area (Å²) in [6.07, 6.45) is 1.97. The zero-order chi connectivity index (χ0) is 36.7. The van der Waals surface area contributed by atoms with E-state index in [2.05, 4.69) is 176 Å². The number of hydrogen-bond acceptors (Lipinski definition) is 4. The Hall–Kier alpha value is -7.56. The van der Waals surface area contributed by atoms with Crippen LogP contribution in [0.5, 0.6) is 0 Å². The first kappa shape index (κ1) is 30.9. The molecule has 0 saturated carbocycles. The van der Waals surface area contributed by atoms with Gasteiger partial charge in [-0.15, -0.1) is 0 Å². The molecule has 0 atom stereocenters. The van der Waals surface area contributed by atoms with Gasteiger partial charge in [0.15, 0.2) is 0 Å². The topological polar surface area (TPSA) is 50.5 Å². The molecule has 0 spiro atoms. The minimum absolute atomic E-state index is 0.798. The van der Waals surface area contributed by atoms with E-state index >= 15 is 0 Å². The molecule has 0 N–H and O–H groups in total. The minimum atomic E-state index is 0.798. The Morgan fingerprint density at radius 3 is 1.71 bits per heavy atom. The fraction of sp³-hybridized carbons (Fsp3) is 0. The number of fused-ring (bicyclic) bond motifs is 12. The molecule has 0 aliphatic carbocycles. The molecule has 4 heteroatoms. The van der Waals surface area contributed by atoms with Gasteiger partial charge in [0.25, 0.3) is 0 Å². The first-order chi connectivity index (χ1) is 27.8. The monoisotopic (exact) mass is 710 g/mol. The normalized spacial score (nSPS) is 12.2. The number of benzene rings is 9. The zero-order valence-electron chi connectivity index (χ0n) is 30.1. The molecule has 2 aliphatic rings. The van der Waals surface area contributed by atoms with Crippen LogP contribution in [0.3, 0.4) is 0 Å². The summed E-state index contributed by atoms with van der Waals surface area (Å²) in [5, 5.41) is 8.68. The van der Waals surface area contributed by atoms with Gasteiger partial charge < -0.3 is 0 Å². The lowest BCUT2D eigenvalue weighted by molar-refractivity contribution is 1.31. The van der Waals surface area contributed by atoms with Gasteiger partial charge >= 0.3 is 0 Å². The van der Waals surface area contributed by atoms with E-state index in [0.29, 0.717) is 0 Å². The van der Waals surface area contributed by atoms with Gasteiger partial charge in [-0.05, 0) is 68.4 Å². The Bertz CT molecular complexity index is 3500. The average molecular weight is 711 g/mol. The van der Waals surface area contributed by atoms with Crippen LogP contribution in [0.15, 0.2) is 192 Å². The molecule has 0 amide bonds. The molecular formula is C52H30N4. The predicted molar refractivity (Wildman–Crippen MR) is 227 cm³/mol. The fourth-order valence-corrected chi connectivity index (χ4v) is 9.01. The second kappa shape index (κ2) is 12.0. The summed E-state index contributed by atoms with van der Waals surface area (Å²) in [5.74, 6) is 0. The molecule has 10 aromatic rings. The molecule has 12 rings (SSSR count). The summed E-state index contributed by atoms with van der Waals surface area (Å²) < 4.78 is 0. The molecule has 1 aromatic heterocycles. The van der Waals surface area contributed by atoms with Crippen molar-refractivity contribution in [2.75, 3.05) is 0 Å². The maximum atomic E-state index is 5.63. The van der Waals surface area contributed by atoms with Crippen molar-refractivity contribution < 1.29 is 0 Å². The number of aromatic nitrogens is 2. The summed E-state index contributed by atoms with van der Waals surface area (Å²) in [5.41, 5.74) is 14.4. The van der Waals surface area contributed by atoms with Crippen molar-refractivity contribution in [2.45, 2.75) is 0 Å². The second-order valence-corrected chi connectivity index (χ2v) is 14.5. The van der Waals surface area contributed by atoms with Crippen LogP contribution in [0.2, 0.25) is 0 Å². The van der Waals surface area contributed by atoms with Crippen LogP contribution in [0.25, 0.3) is 88.3 Å². The van der Waals surface area contributed by atoms with Gasteiger partial charge in [-0.3, -0.25) is 4.98 Å². The molecule has 0 bridgehead atoms. The van der Waals surface area contributed by atoms with Gasteiger partial charge in [0.1, 0.15) is 0 Å². The molecular weight excluding hydrogens is 681 g/mol. The predicted octanol–water partition coefficient (Wildman–Crippen LogP) is 12.1. The van der Waals surface area contributed by atoms with E-state index in [-0.39, 0.29) is 0 Å². The van der Waals surface area contributed by atoms with E-state index in [4.69, 9.17) is 20.0 Å². The molecule has 9 aromatic carbocycles. The van der Waals surface area contributed by atoms with Gasteiger partial charge in [0, 0.05) is 37.9 Å². The lowest BCUT2D eigenvalue weighted by Gasteiger charge is -2.20. The van der Waals surface area contributed by atoms with Crippen molar-refractivity contribution in [1.82, 2.24) is 9.97 Å². The van der Waals surface area contributed by atoms with Gasteiger partial charge in [0.2, 0.25) is 0 Å². The highest BCUT2D eigenvalue weighted by molar-refractivity contribution is 6.23. The molecule has 258 valence electrons. The fourth-order valence-electron chi connectivity index (χ4n) is 9.01.